The monoisotopic (exact) mass is 916 g/mol. The highest BCUT2D eigenvalue weighted by Crippen LogP contribution is 2.20. The third-order valence-corrected chi connectivity index (χ3v) is 9.90. The van der Waals surface area contributed by atoms with Crippen molar-refractivity contribution < 1.29 is 52.2 Å². The van der Waals surface area contributed by atoms with Crippen LogP contribution in [-0.4, -0.2) is 151 Å². The number of nitrogens with one attached hydrogen (secondary N) is 1. The summed E-state index contributed by atoms with van der Waals surface area (Å²) in [5, 5.41) is 0. The molecule has 17 nitrogen and oxygen atoms in total. The van der Waals surface area contributed by atoms with Gasteiger partial charge < -0.3 is 52.4 Å². The number of hydrogen-bond acceptors (Lipinski definition) is 14. The Morgan fingerprint density at radius 2 is 0.970 bits per heavy atom. The lowest BCUT2D eigenvalue weighted by atomic mass is 10.1. The number of fused-ring (bicyclic) bond motifs is 1. The van der Waals surface area contributed by atoms with Crippen LogP contribution >= 0.6 is 0 Å². The van der Waals surface area contributed by atoms with E-state index in [1.807, 2.05) is 84.9 Å². The van der Waals surface area contributed by atoms with Gasteiger partial charge in [0.25, 0.3) is 5.56 Å². The van der Waals surface area contributed by atoms with E-state index in [9.17, 15) is 14.4 Å². The van der Waals surface area contributed by atoms with Crippen LogP contribution in [0.3, 0.4) is 0 Å². The van der Waals surface area contributed by atoms with Crippen molar-refractivity contribution in [1.29, 1.82) is 0 Å². The highest BCUT2D eigenvalue weighted by molar-refractivity contribution is 5.87. The molecule has 0 unspecified atom stereocenters. The summed E-state index contributed by atoms with van der Waals surface area (Å²) in [4.78, 5) is 47.8. The number of carbonyl (C=O) groups excluding carboxylic acids is 1. The first-order valence-electron chi connectivity index (χ1n) is 22.4. The van der Waals surface area contributed by atoms with Gasteiger partial charge in [-0.2, -0.15) is 0 Å². The molecule has 5 aromatic rings. The molecule has 2 heterocycles. The van der Waals surface area contributed by atoms with Crippen LogP contribution in [0.5, 0.6) is 0 Å². The normalized spacial score (nSPS) is 11.6. The molecule has 0 aliphatic carbocycles. The van der Waals surface area contributed by atoms with Gasteiger partial charge in [-0.05, 0) is 35.6 Å². The van der Waals surface area contributed by atoms with Gasteiger partial charge in [-0.15, -0.1) is 0 Å². The van der Waals surface area contributed by atoms with Gasteiger partial charge in [0, 0.05) is 31.8 Å². The van der Waals surface area contributed by atoms with Gasteiger partial charge >= 0.3 is 11.7 Å². The van der Waals surface area contributed by atoms with Crippen LogP contribution in [0.15, 0.2) is 101 Å². The van der Waals surface area contributed by atoms with E-state index in [1.54, 1.807) is 17.8 Å². The smallest absolute Gasteiger partial charge is 0.332 e. The van der Waals surface area contributed by atoms with Crippen molar-refractivity contribution >= 4 is 23.2 Å². The van der Waals surface area contributed by atoms with Crippen molar-refractivity contribution in [3.63, 3.8) is 0 Å². The first-order valence-corrected chi connectivity index (χ1v) is 22.4. The second-order valence-corrected chi connectivity index (χ2v) is 14.7. The molecule has 3 aromatic carbocycles. The Kier molecular flexibility index (Phi) is 24.7. The summed E-state index contributed by atoms with van der Waals surface area (Å²) in [6, 6.07) is 27.0. The molecule has 0 spiro atoms. The molecule has 0 atom stereocenters. The van der Waals surface area contributed by atoms with Crippen molar-refractivity contribution in [3.05, 3.63) is 129 Å². The fourth-order valence-corrected chi connectivity index (χ4v) is 6.43. The summed E-state index contributed by atoms with van der Waals surface area (Å²) in [6.07, 6.45) is 4.13. The van der Waals surface area contributed by atoms with Gasteiger partial charge in [0.05, 0.1) is 112 Å². The van der Waals surface area contributed by atoms with Crippen LogP contribution in [0.2, 0.25) is 0 Å². The number of H-pyrrole nitrogens is 1. The summed E-state index contributed by atoms with van der Waals surface area (Å²) < 4.78 is 56.7. The molecule has 358 valence electrons. The van der Waals surface area contributed by atoms with Crippen molar-refractivity contribution in [2.24, 2.45) is 0 Å². The average Bonchev–Trinajstić information content (AvgIpc) is 3.79. The van der Waals surface area contributed by atoms with Crippen LogP contribution in [0.4, 0.5) is 0 Å². The molecule has 0 amide bonds. The third-order valence-electron chi connectivity index (χ3n) is 9.90. The topological polar surface area (TPSA) is 182 Å². The lowest BCUT2D eigenvalue weighted by Gasteiger charge is -2.12. The van der Waals surface area contributed by atoms with E-state index in [1.165, 1.54) is 10.6 Å². The summed E-state index contributed by atoms with van der Waals surface area (Å²) in [6.45, 7) is 8.61. The molecule has 0 aliphatic rings. The maximum atomic E-state index is 13.8. The molecule has 0 aliphatic heterocycles. The Bertz CT molecular complexity index is 2230. The summed E-state index contributed by atoms with van der Waals surface area (Å²) in [5.74, 6) is -0.0427. The van der Waals surface area contributed by atoms with Gasteiger partial charge in [-0.3, -0.25) is 13.9 Å². The number of esters is 1. The number of rotatable bonds is 36. The quantitative estimate of drug-likeness (QED) is 0.0340. The Hall–Kier alpha value is -5.34. The number of methoxy groups -OCH3 is 1. The number of hydrogen-bond donors (Lipinski definition) is 1. The van der Waals surface area contributed by atoms with Crippen LogP contribution in [0.1, 0.15) is 16.7 Å². The highest BCUT2D eigenvalue weighted by atomic mass is 16.6. The number of imidazole rings is 1. The zero-order chi connectivity index (χ0) is 46.3. The lowest BCUT2D eigenvalue weighted by molar-refractivity contribution is -0.139. The molecule has 2 aromatic heterocycles. The molecule has 0 bridgehead atoms. The fraction of sp³-hybridized carbons (Fsp3) is 0.469. The second-order valence-electron chi connectivity index (χ2n) is 14.7. The Morgan fingerprint density at radius 1 is 0.545 bits per heavy atom. The number of aromatic nitrogens is 4. The number of ether oxygens (including phenoxy) is 10. The lowest BCUT2D eigenvalue weighted by Crippen LogP contribution is -2.41. The summed E-state index contributed by atoms with van der Waals surface area (Å²) in [7, 11) is 1.64. The van der Waals surface area contributed by atoms with E-state index in [0.29, 0.717) is 142 Å². The van der Waals surface area contributed by atoms with Crippen molar-refractivity contribution in [2.45, 2.75) is 25.9 Å². The van der Waals surface area contributed by atoms with Crippen molar-refractivity contribution in [3.8, 4) is 11.4 Å². The van der Waals surface area contributed by atoms with E-state index in [0.717, 1.165) is 16.7 Å². The van der Waals surface area contributed by atoms with Crippen LogP contribution in [-0.2, 0) is 78.1 Å². The number of aromatic amines is 1. The molecule has 1 N–H and O–H groups in total. The average molecular weight is 917 g/mol. The van der Waals surface area contributed by atoms with E-state index in [2.05, 4.69) is 9.97 Å². The zero-order valence-corrected chi connectivity index (χ0v) is 37.9. The predicted octanol–water partition coefficient (Wildman–Crippen LogP) is 4.37. The first kappa shape index (κ1) is 51.6. The fourth-order valence-electron chi connectivity index (χ4n) is 6.43. The van der Waals surface area contributed by atoms with E-state index in [4.69, 9.17) is 47.4 Å². The Labute approximate surface area is 385 Å². The molecule has 0 radical (unpaired) electrons. The largest absolute Gasteiger partial charge is 0.460 e. The van der Waals surface area contributed by atoms with Gasteiger partial charge in [-0.25, -0.2) is 14.6 Å². The summed E-state index contributed by atoms with van der Waals surface area (Å²) >= 11 is 0. The summed E-state index contributed by atoms with van der Waals surface area (Å²) in [5.41, 5.74) is 3.34. The SMILES string of the molecule is COCCOCCOCCOCCOCCOCCOCCOCCOCCOC(=O)C=Cc1ccc(-c2nc3c(=O)n(CCc4ccccc4)c(=O)n(CCc4ccccc4)c3[nH]2)cc1. The molecule has 17 heteroatoms. The van der Waals surface area contributed by atoms with Gasteiger partial charge in [-0.1, -0.05) is 84.9 Å². The minimum Gasteiger partial charge on any atom is -0.460 e. The molecular formula is C49H64N4O13. The molecule has 66 heavy (non-hydrogen) atoms. The molecule has 0 saturated carbocycles. The van der Waals surface area contributed by atoms with Gasteiger partial charge in [0.2, 0.25) is 0 Å². The molecule has 0 fully saturated rings. The van der Waals surface area contributed by atoms with Gasteiger partial charge in [0.15, 0.2) is 5.52 Å². The van der Waals surface area contributed by atoms with Crippen LogP contribution in [0.25, 0.3) is 28.6 Å². The maximum absolute atomic E-state index is 13.8. The van der Waals surface area contributed by atoms with Crippen molar-refractivity contribution in [2.75, 3.05) is 126 Å². The third kappa shape index (κ3) is 19.2. The number of nitrogens with zero attached hydrogens (tertiary/aromatic N) is 3. The number of carbonyl (C=O) groups is 1. The second kappa shape index (κ2) is 31.6. The highest BCUT2D eigenvalue weighted by Gasteiger charge is 2.18. The minimum atomic E-state index is -0.499. The van der Waals surface area contributed by atoms with E-state index < -0.39 is 11.5 Å². The minimum absolute atomic E-state index is 0.100. The molecule has 0 saturated heterocycles. The first-order chi connectivity index (χ1) is 32.5. The van der Waals surface area contributed by atoms with Crippen LogP contribution in [0, 0.1) is 0 Å². The van der Waals surface area contributed by atoms with Crippen molar-refractivity contribution in [1.82, 2.24) is 19.1 Å². The molecule has 5 rings (SSSR count). The number of benzene rings is 3. The Morgan fingerprint density at radius 3 is 1.42 bits per heavy atom. The standard InChI is InChI=1S/C49H64N4O13/c1-57-22-23-58-24-25-59-26-27-60-28-29-61-30-31-62-32-33-63-34-35-64-36-37-65-38-39-66-44(54)17-14-42-12-15-43(16-13-42)46-50-45-47(51-46)52(20-18-40-8-4-2-5-9-40)49(56)53(48(45)55)21-19-41-10-6-3-7-11-41/h2-17H,18-39H2,1H3,(H,50,51). The zero-order valence-electron chi connectivity index (χ0n) is 37.9. The van der Waals surface area contributed by atoms with Gasteiger partial charge in [0.1, 0.15) is 18.1 Å². The van der Waals surface area contributed by atoms with E-state index in [-0.39, 0.29) is 31.0 Å². The molecular weight excluding hydrogens is 853 g/mol. The Balaban J connectivity index is 0.908. The number of aryl methyl sites for hydroxylation is 3. The maximum Gasteiger partial charge on any atom is 0.332 e. The predicted molar refractivity (Wildman–Crippen MR) is 249 cm³/mol. The van der Waals surface area contributed by atoms with Crippen LogP contribution < -0.4 is 11.2 Å². The van der Waals surface area contributed by atoms with E-state index >= 15 is 0 Å².